The van der Waals surface area contributed by atoms with E-state index in [1.165, 1.54) is 0 Å². The summed E-state index contributed by atoms with van der Waals surface area (Å²) >= 11 is 0. The third kappa shape index (κ3) is 6.62. The van der Waals surface area contributed by atoms with Gasteiger partial charge in [-0.25, -0.2) is 0 Å². The maximum atomic E-state index is 9.42. The highest BCUT2D eigenvalue weighted by Gasteiger charge is 2.17. The van der Waals surface area contributed by atoms with E-state index in [-0.39, 0.29) is 0 Å². The molecule has 2 N–H and O–H groups in total. The molecule has 0 aliphatic carbocycles. The fourth-order valence-corrected chi connectivity index (χ4v) is 0.832. The van der Waals surface area contributed by atoms with Gasteiger partial charge in [0.2, 0.25) is 0 Å². The summed E-state index contributed by atoms with van der Waals surface area (Å²) in [7, 11) is 0. The Morgan fingerprint density at radius 2 is 1.58 bits per heavy atom. The average molecular weight is 173 g/mol. The van der Waals surface area contributed by atoms with E-state index >= 15 is 0 Å². The lowest BCUT2D eigenvalue weighted by Gasteiger charge is -2.25. The molecule has 0 aromatic rings. The van der Waals surface area contributed by atoms with E-state index < -0.39 is 5.60 Å². The van der Waals surface area contributed by atoms with Crippen LogP contribution in [0, 0.1) is 5.41 Å². The molecular weight excluding hydrogens is 150 g/mol. The van der Waals surface area contributed by atoms with Crippen LogP contribution < -0.4 is 5.32 Å². The molecule has 0 radical (unpaired) electrons. The van der Waals surface area contributed by atoms with Crippen LogP contribution in [0.25, 0.3) is 0 Å². The van der Waals surface area contributed by atoms with Crippen LogP contribution in [0.2, 0.25) is 0 Å². The topological polar surface area (TPSA) is 32.3 Å². The maximum absolute atomic E-state index is 9.42. The monoisotopic (exact) mass is 173 g/mol. The summed E-state index contributed by atoms with van der Waals surface area (Å²) in [6.07, 6.45) is 1.16. The quantitative estimate of drug-likeness (QED) is 0.664. The molecule has 74 valence electrons. The molecule has 0 aromatic heterocycles. The van der Waals surface area contributed by atoms with Gasteiger partial charge in [-0.05, 0) is 25.7 Å². The van der Waals surface area contributed by atoms with Crippen LogP contribution in [-0.4, -0.2) is 23.8 Å². The first kappa shape index (κ1) is 11.9. The van der Waals surface area contributed by atoms with Crippen molar-refractivity contribution in [3.63, 3.8) is 0 Å². The van der Waals surface area contributed by atoms with E-state index in [9.17, 15) is 5.11 Å². The molecule has 2 nitrogen and oxygen atoms in total. The number of aliphatic hydroxyl groups is 1. The van der Waals surface area contributed by atoms with Gasteiger partial charge >= 0.3 is 0 Å². The van der Waals surface area contributed by atoms with Crippen molar-refractivity contribution in [2.75, 3.05) is 13.1 Å². The number of hydrogen-bond donors (Lipinski definition) is 2. The minimum atomic E-state index is -0.593. The van der Waals surface area contributed by atoms with Crippen molar-refractivity contribution in [2.24, 2.45) is 5.41 Å². The Bertz CT molecular complexity index is 124. The molecule has 0 atom stereocenters. The molecule has 0 aliphatic heterocycles. The van der Waals surface area contributed by atoms with Crippen molar-refractivity contribution in [3.8, 4) is 0 Å². The Kier molecular flexibility index (Phi) is 4.21. The van der Waals surface area contributed by atoms with E-state index in [4.69, 9.17) is 0 Å². The van der Waals surface area contributed by atoms with Gasteiger partial charge in [0.15, 0.2) is 0 Å². The van der Waals surface area contributed by atoms with Gasteiger partial charge in [-0.2, -0.15) is 0 Å². The zero-order chi connectivity index (χ0) is 9.83. The molecule has 0 amide bonds. The molecule has 0 saturated heterocycles. The fraction of sp³-hybridized carbons (Fsp3) is 1.00. The van der Waals surface area contributed by atoms with Crippen LogP contribution in [0.15, 0.2) is 0 Å². The van der Waals surface area contributed by atoms with Gasteiger partial charge in [-0.15, -0.1) is 0 Å². The summed E-state index contributed by atoms with van der Waals surface area (Å²) in [5, 5.41) is 12.7. The van der Waals surface area contributed by atoms with Gasteiger partial charge < -0.3 is 10.4 Å². The summed E-state index contributed by atoms with van der Waals surface area (Å²) in [5.41, 5.74) is -0.255. The molecule has 0 unspecified atom stereocenters. The standard InChI is InChI=1S/C10H23NO/c1-6-9(2,3)7-11-8-10(4,5)12/h11-12H,6-8H2,1-5H3. The highest BCUT2D eigenvalue weighted by atomic mass is 16.3. The Balaban J connectivity index is 3.57. The second-order valence-electron chi connectivity index (χ2n) is 4.93. The van der Waals surface area contributed by atoms with Crippen LogP contribution in [0.1, 0.15) is 41.0 Å². The molecule has 0 aliphatic rings. The largest absolute Gasteiger partial charge is 0.389 e. The molecule has 0 saturated carbocycles. The zero-order valence-corrected chi connectivity index (χ0v) is 9.07. The molecule has 0 heterocycles. The van der Waals surface area contributed by atoms with E-state index in [0.717, 1.165) is 13.0 Å². The number of rotatable bonds is 5. The van der Waals surface area contributed by atoms with Crippen LogP contribution in [0.3, 0.4) is 0 Å². The van der Waals surface area contributed by atoms with Gasteiger partial charge in [-0.1, -0.05) is 20.8 Å². The van der Waals surface area contributed by atoms with Gasteiger partial charge in [0.1, 0.15) is 0 Å². The lowest BCUT2D eigenvalue weighted by molar-refractivity contribution is 0.0767. The lowest BCUT2D eigenvalue weighted by atomic mass is 9.90. The molecule has 2 heteroatoms. The second kappa shape index (κ2) is 4.24. The van der Waals surface area contributed by atoms with E-state index in [1.807, 2.05) is 13.8 Å². The summed E-state index contributed by atoms with van der Waals surface area (Å²) in [5.74, 6) is 0. The summed E-state index contributed by atoms with van der Waals surface area (Å²) in [6.45, 7) is 11.9. The smallest absolute Gasteiger partial charge is 0.0715 e. The Hall–Kier alpha value is -0.0800. The molecular formula is C10H23NO. The van der Waals surface area contributed by atoms with Crippen LogP contribution in [0.5, 0.6) is 0 Å². The number of hydrogen-bond acceptors (Lipinski definition) is 2. The van der Waals surface area contributed by atoms with Crippen molar-refractivity contribution in [2.45, 2.75) is 46.6 Å². The summed E-state index contributed by atoms with van der Waals surface area (Å²) < 4.78 is 0. The second-order valence-corrected chi connectivity index (χ2v) is 4.93. The lowest BCUT2D eigenvalue weighted by Crippen LogP contribution is -2.39. The van der Waals surface area contributed by atoms with Crippen LogP contribution in [-0.2, 0) is 0 Å². The van der Waals surface area contributed by atoms with Gasteiger partial charge in [0.25, 0.3) is 0 Å². The van der Waals surface area contributed by atoms with Crippen molar-refractivity contribution in [3.05, 3.63) is 0 Å². The predicted octanol–water partition coefficient (Wildman–Crippen LogP) is 1.78. The highest BCUT2D eigenvalue weighted by molar-refractivity contribution is 4.74. The number of nitrogens with one attached hydrogen (secondary N) is 1. The molecule has 0 spiro atoms. The van der Waals surface area contributed by atoms with E-state index in [0.29, 0.717) is 12.0 Å². The molecule has 0 aromatic carbocycles. The molecule has 0 rings (SSSR count). The maximum Gasteiger partial charge on any atom is 0.0715 e. The normalized spacial score (nSPS) is 13.5. The van der Waals surface area contributed by atoms with Crippen molar-refractivity contribution in [1.82, 2.24) is 5.32 Å². The Morgan fingerprint density at radius 3 is 1.92 bits per heavy atom. The molecule has 0 fully saturated rings. The van der Waals surface area contributed by atoms with Gasteiger partial charge in [0, 0.05) is 13.1 Å². The van der Waals surface area contributed by atoms with Crippen molar-refractivity contribution < 1.29 is 5.11 Å². The fourth-order valence-electron chi connectivity index (χ4n) is 0.832. The Morgan fingerprint density at radius 1 is 1.08 bits per heavy atom. The van der Waals surface area contributed by atoms with Crippen LogP contribution in [0.4, 0.5) is 0 Å². The third-order valence-electron chi connectivity index (χ3n) is 2.12. The summed E-state index contributed by atoms with van der Waals surface area (Å²) in [4.78, 5) is 0. The predicted molar refractivity (Wildman–Crippen MR) is 53.2 cm³/mol. The first-order valence-electron chi connectivity index (χ1n) is 4.70. The third-order valence-corrected chi connectivity index (χ3v) is 2.12. The van der Waals surface area contributed by atoms with Crippen molar-refractivity contribution in [1.29, 1.82) is 0 Å². The van der Waals surface area contributed by atoms with E-state index in [1.54, 1.807) is 0 Å². The minimum absolute atomic E-state index is 0.339. The minimum Gasteiger partial charge on any atom is -0.389 e. The molecule has 0 bridgehead atoms. The first-order valence-corrected chi connectivity index (χ1v) is 4.70. The zero-order valence-electron chi connectivity index (χ0n) is 9.07. The highest BCUT2D eigenvalue weighted by Crippen LogP contribution is 2.17. The van der Waals surface area contributed by atoms with E-state index in [2.05, 4.69) is 26.1 Å². The SMILES string of the molecule is CCC(C)(C)CNCC(C)(C)O. The Labute approximate surface area is 76.4 Å². The van der Waals surface area contributed by atoms with Gasteiger partial charge in [0.05, 0.1) is 5.60 Å². The molecule has 12 heavy (non-hydrogen) atoms. The van der Waals surface area contributed by atoms with Crippen LogP contribution >= 0.6 is 0 Å². The summed E-state index contributed by atoms with van der Waals surface area (Å²) in [6, 6.07) is 0. The van der Waals surface area contributed by atoms with Crippen molar-refractivity contribution >= 4 is 0 Å². The van der Waals surface area contributed by atoms with Gasteiger partial charge in [-0.3, -0.25) is 0 Å². The first-order chi connectivity index (χ1) is 5.27. The average Bonchev–Trinajstić information content (AvgIpc) is 1.84.